The highest BCUT2D eigenvalue weighted by atomic mass is 35.5. The molecule has 1 fully saturated rings. The zero-order valence-corrected chi connectivity index (χ0v) is 22.0. The number of halogens is 1. The highest BCUT2D eigenvalue weighted by Gasteiger charge is 2.63. The molecule has 2 heterocycles. The molecule has 1 saturated carbocycles. The number of sulfone groups is 1. The van der Waals surface area contributed by atoms with Crippen molar-refractivity contribution in [3.8, 4) is 0 Å². The van der Waals surface area contributed by atoms with Crippen LogP contribution in [0.3, 0.4) is 0 Å². The van der Waals surface area contributed by atoms with E-state index in [2.05, 4.69) is 10.3 Å². The highest BCUT2D eigenvalue weighted by Crippen LogP contribution is 2.50. The molecule has 1 atom stereocenters. The van der Waals surface area contributed by atoms with Gasteiger partial charge in [-0.15, -0.1) is 0 Å². The molecular weight excluding hydrogens is 526 g/mol. The molecule has 0 bridgehead atoms. The van der Waals surface area contributed by atoms with Crippen LogP contribution < -0.4 is 5.32 Å². The molecule has 2 N–H and O–H groups in total. The summed E-state index contributed by atoms with van der Waals surface area (Å²) in [6.07, 6.45) is 0.165. The number of benzene rings is 1. The molecule has 37 heavy (non-hydrogen) atoms. The number of rotatable bonds is 10. The summed E-state index contributed by atoms with van der Waals surface area (Å²) in [6.45, 7) is 2.20. The van der Waals surface area contributed by atoms with Crippen molar-refractivity contribution in [2.24, 2.45) is 0 Å². The van der Waals surface area contributed by atoms with Gasteiger partial charge in [-0.3, -0.25) is 19.7 Å². The Kier molecular flexibility index (Phi) is 7.08. The lowest BCUT2D eigenvalue weighted by molar-refractivity contribution is -0.491. The molecule has 1 aromatic carbocycles. The second-order valence-electron chi connectivity index (χ2n) is 9.98. The monoisotopic (exact) mass is 553 g/mol. The summed E-state index contributed by atoms with van der Waals surface area (Å²) in [7, 11) is -4.06. The first-order valence-corrected chi connectivity index (χ1v) is 13.6. The lowest BCUT2D eigenvalue weighted by Crippen LogP contribution is -2.55. The van der Waals surface area contributed by atoms with E-state index in [1.807, 2.05) is 0 Å². The summed E-state index contributed by atoms with van der Waals surface area (Å²) < 4.78 is 25.4. The third kappa shape index (κ3) is 4.94. The van der Waals surface area contributed by atoms with Crippen LogP contribution in [0.1, 0.15) is 53.4 Å². The molecule has 1 unspecified atom stereocenters. The number of carbonyl (C=O) groups is 2. The van der Waals surface area contributed by atoms with Gasteiger partial charge >= 0.3 is 0 Å². The summed E-state index contributed by atoms with van der Waals surface area (Å²) in [5.41, 5.74) is 1.01. The fourth-order valence-corrected chi connectivity index (χ4v) is 7.19. The molecule has 200 valence electrons. The summed E-state index contributed by atoms with van der Waals surface area (Å²) in [6, 6.07) is 6.99. The zero-order valence-electron chi connectivity index (χ0n) is 20.4. The summed E-state index contributed by atoms with van der Waals surface area (Å²) in [5, 5.41) is 24.5. The molecule has 2 aliphatic rings. The number of imidazole rings is 1. The van der Waals surface area contributed by atoms with E-state index in [9.17, 15) is 33.2 Å². The first kappa shape index (κ1) is 27.0. The van der Waals surface area contributed by atoms with Crippen LogP contribution in [0.4, 0.5) is 0 Å². The van der Waals surface area contributed by atoms with E-state index >= 15 is 0 Å². The number of carbonyl (C=O) groups excluding carboxylic acids is 2. The van der Waals surface area contributed by atoms with Gasteiger partial charge in [-0.05, 0) is 44.4 Å². The Morgan fingerprint density at radius 1 is 1.30 bits per heavy atom. The molecule has 1 aromatic heterocycles. The zero-order chi connectivity index (χ0) is 27.2. The van der Waals surface area contributed by atoms with Crippen LogP contribution in [0.15, 0.2) is 30.5 Å². The topological polar surface area (TPSA) is 165 Å². The Labute approximate surface area is 218 Å². The second-order valence-corrected chi connectivity index (χ2v) is 13.3. The first-order chi connectivity index (χ1) is 17.3. The number of nitro groups is 1. The van der Waals surface area contributed by atoms with Crippen LogP contribution >= 0.6 is 11.6 Å². The molecule has 1 aliphatic heterocycles. The van der Waals surface area contributed by atoms with Crippen molar-refractivity contribution in [1.29, 1.82) is 0 Å². The van der Waals surface area contributed by atoms with E-state index < -0.39 is 48.7 Å². The number of nitrogens with one attached hydrogen (secondary N) is 1. The van der Waals surface area contributed by atoms with Crippen molar-refractivity contribution in [2.75, 3.05) is 19.6 Å². The van der Waals surface area contributed by atoms with Gasteiger partial charge in [0.15, 0.2) is 15.7 Å². The minimum atomic E-state index is -4.06. The van der Waals surface area contributed by atoms with Gasteiger partial charge in [0.05, 0.1) is 15.7 Å². The molecule has 0 spiro atoms. The first-order valence-electron chi connectivity index (χ1n) is 11.7. The Bertz CT molecular complexity index is 1340. The number of hydrogen-bond donors (Lipinski definition) is 2. The number of aliphatic hydroxyl groups excluding tert-OH is 1. The van der Waals surface area contributed by atoms with Crippen molar-refractivity contribution >= 4 is 33.3 Å². The van der Waals surface area contributed by atoms with Crippen molar-refractivity contribution in [2.45, 2.75) is 55.4 Å². The summed E-state index contributed by atoms with van der Waals surface area (Å²) in [5.74, 6) is -0.833. The van der Waals surface area contributed by atoms with Crippen molar-refractivity contribution in [3.63, 3.8) is 0 Å². The van der Waals surface area contributed by atoms with Crippen LogP contribution in [0.25, 0.3) is 0 Å². The highest BCUT2D eigenvalue weighted by molar-refractivity contribution is 7.94. The van der Waals surface area contributed by atoms with E-state index in [0.717, 1.165) is 5.56 Å². The lowest BCUT2D eigenvalue weighted by Gasteiger charge is -2.36. The molecule has 1 aliphatic carbocycles. The molecule has 4 rings (SSSR count). The summed E-state index contributed by atoms with van der Waals surface area (Å²) >= 11 is 5.88. The lowest BCUT2D eigenvalue weighted by atomic mass is 10.1. The predicted octanol–water partition coefficient (Wildman–Crippen LogP) is 1.29. The molecule has 12 nitrogen and oxygen atoms in total. The van der Waals surface area contributed by atoms with Crippen LogP contribution in [-0.4, -0.2) is 79.9 Å². The van der Waals surface area contributed by atoms with Crippen LogP contribution in [0.5, 0.6) is 0 Å². The SMILES string of the molecule is CC(C)(C(O)C[N+](=O)[O-])S(=O)(=O)C1(CN2CCn3c(cnc3C(=O)NCc3ccc(Cl)cc3)C2=O)CC1. The minimum Gasteiger partial charge on any atom is -0.385 e. The Morgan fingerprint density at radius 2 is 1.95 bits per heavy atom. The Balaban J connectivity index is 1.46. The maximum atomic E-state index is 13.5. The average molecular weight is 554 g/mol. The fraction of sp³-hybridized carbons (Fsp3) is 0.522. The van der Waals surface area contributed by atoms with Crippen LogP contribution in [0, 0.1) is 10.1 Å². The minimum absolute atomic E-state index is 0.0785. The van der Waals surface area contributed by atoms with E-state index in [4.69, 9.17) is 11.6 Å². The maximum Gasteiger partial charge on any atom is 0.287 e. The van der Waals surface area contributed by atoms with Crippen molar-refractivity contribution in [1.82, 2.24) is 19.8 Å². The normalized spacial score (nSPS) is 17.7. The fourth-order valence-electron chi connectivity index (χ4n) is 4.55. The number of hydrogen-bond acceptors (Lipinski definition) is 8. The molecule has 2 amide bonds. The Morgan fingerprint density at radius 3 is 2.54 bits per heavy atom. The van der Waals surface area contributed by atoms with Crippen molar-refractivity contribution < 1.29 is 28.0 Å². The van der Waals surface area contributed by atoms with Gasteiger partial charge in [-0.2, -0.15) is 0 Å². The largest absolute Gasteiger partial charge is 0.385 e. The maximum absolute atomic E-state index is 13.5. The molecule has 0 saturated heterocycles. The number of amides is 2. The summed E-state index contributed by atoms with van der Waals surface area (Å²) in [4.78, 5) is 41.6. The van der Waals surface area contributed by atoms with E-state index in [1.54, 1.807) is 24.3 Å². The number of aromatic nitrogens is 2. The van der Waals surface area contributed by atoms with E-state index in [0.29, 0.717) is 5.02 Å². The van der Waals surface area contributed by atoms with Gasteiger partial charge in [0, 0.05) is 36.1 Å². The van der Waals surface area contributed by atoms with Gasteiger partial charge < -0.3 is 19.9 Å². The molecule has 2 aromatic rings. The predicted molar refractivity (Wildman–Crippen MR) is 134 cm³/mol. The van der Waals surface area contributed by atoms with Crippen LogP contribution in [-0.2, 0) is 22.9 Å². The van der Waals surface area contributed by atoms with Gasteiger partial charge in [0.1, 0.15) is 11.8 Å². The third-order valence-corrected chi connectivity index (χ3v) is 10.8. The Hall–Kier alpha value is -3.03. The average Bonchev–Trinajstić information content (AvgIpc) is 3.50. The molecular formula is C23H28ClN5O7S. The standard InChI is InChI=1S/C23H28ClN5O7S/c1-22(2,18(30)13-29(33)34)37(35,36)23(7-8-23)14-27-9-10-28-17(21(27)32)12-25-19(28)20(31)26-11-15-3-5-16(24)6-4-15/h3-6,12,18,30H,7-11,13-14H2,1-2H3,(H,26,31). The van der Waals surface area contributed by atoms with E-state index in [-0.39, 0.29) is 50.5 Å². The van der Waals surface area contributed by atoms with Gasteiger partial charge in [0.25, 0.3) is 11.8 Å². The number of fused-ring (bicyclic) bond motifs is 1. The number of nitrogens with zero attached hydrogens (tertiary/aromatic N) is 4. The smallest absolute Gasteiger partial charge is 0.287 e. The molecule has 14 heteroatoms. The van der Waals surface area contributed by atoms with Gasteiger partial charge in [-0.25, -0.2) is 13.4 Å². The van der Waals surface area contributed by atoms with E-state index in [1.165, 1.54) is 29.5 Å². The van der Waals surface area contributed by atoms with Crippen LogP contribution in [0.2, 0.25) is 5.02 Å². The quantitative estimate of drug-likeness (QED) is 0.328. The molecule has 0 radical (unpaired) electrons. The van der Waals surface area contributed by atoms with Crippen molar-refractivity contribution in [3.05, 3.63) is 62.7 Å². The second kappa shape index (κ2) is 9.69. The van der Waals surface area contributed by atoms with Gasteiger partial charge in [0.2, 0.25) is 6.54 Å². The van der Waals surface area contributed by atoms with Gasteiger partial charge in [-0.1, -0.05) is 23.7 Å². The third-order valence-electron chi connectivity index (χ3n) is 7.20. The number of aliphatic hydroxyl groups is 1.